The minimum absolute atomic E-state index is 0.345. The van der Waals surface area contributed by atoms with Gasteiger partial charge in [0.05, 0.1) is 18.9 Å². The standard InChI is InChI=1S/C14H22N2O/c1-4-12-5-6-13(15-7-12)8-16(3)9-14(2)10-17-11-14/h5-7H,4,8-11H2,1-3H3. The average molecular weight is 234 g/mol. The summed E-state index contributed by atoms with van der Waals surface area (Å²) in [7, 11) is 2.15. The molecule has 0 N–H and O–H groups in total. The van der Waals surface area contributed by atoms with Crippen molar-refractivity contribution in [3.05, 3.63) is 29.6 Å². The molecule has 2 rings (SSSR count). The predicted molar refractivity (Wildman–Crippen MR) is 68.9 cm³/mol. The van der Waals surface area contributed by atoms with E-state index in [1.54, 1.807) is 0 Å². The van der Waals surface area contributed by atoms with E-state index in [2.05, 4.69) is 42.9 Å². The molecule has 1 aliphatic heterocycles. The van der Waals surface area contributed by atoms with Crippen LogP contribution in [0.2, 0.25) is 0 Å². The molecular formula is C14H22N2O. The summed E-state index contributed by atoms with van der Waals surface area (Å²) < 4.78 is 5.28. The SMILES string of the molecule is CCc1ccc(CN(C)CC2(C)COC2)nc1. The molecule has 0 unspecified atom stereocenters. The third-order valence-corrected chi connectivity index (χ3v) is 3.28. The molecule has 1 fully saturated rings. The van der Waals surface area contributed by atoms with Crippen molar-refractivity contribution in [3.8, 4) is 0 Å². The van der Waals surface area contributed by atoms with Crippen molar-refractivity contribution in [2.24, 2.45) is 5.41 Å². The normalized spacial score (nSPS) is 18.1. The highest BCUT2D eigenvalue weighted by atomic mass is 16.5. The minimum atomic E-state index is 0.345. The zero-order chi connectivity index (χ0) is 12.3. The zero-order valence-electron chi connectivity index (χ0n) is 11.1. The highest BCUT2D eigenvalue weighted by Crippen LogP contribution is 2.27. The van der Waals surface area contributed by atoms with Gasteiger partial charge in [-0.1, -0.05) is 19.9 Å². The summed E-state index contributed by atoms with van der Waals surface area (Å²) in [6, 6.07) is 4.30. The lowest BCUT2D eigenvalue weighted by atomic mass is 9.88. The van der Waals surface area contributed by atoms with E-state index in [9.17, 15) is 0 Å². The van der Waals surface area contributed by atoms with Crippen LogP contribution < -0.4 is 0 Å². The largest absolute Gasteiger partial charge is 0.380 e. The van der Waals surface area contributed by atoms with Crippen molar-refractivity contribution in [2.45, 2.75) is 26.8 Å². The average Bonchev–Trinajstić information content (AvgIpc) is 2.28. The Morgan fingerprint density at radius 2 is 2.18 bits per heavy atom. The molecule has 0 bridgehead atoms. The number of hydrogen-bond donors (Lipinski definition) is 0. The predicted octanol–water partition coefficient (Wildman–Crippen LogP) is 2.11. The Bertz CT molecular complexity index is 357. The third kappa shape index (κ3) is 3.27. The molecule has 0 amide bonds. The second-order valence-corrected chi connectivity index (χ2v) is 5.49. The Morgan fingerprint density at radius 3 is 2.65 bits per heavy atom. The van der Waals surface area contributed by atoms with Crippen LogP contribution in [0.4, 0.5) is 0 Å². The second-order valence-electron chi connectivity index (χ2n) is 5.49. The molecular weight excluding hydrogens is 212 g/mol. The van der Waals surface area contributed by atoms with Crippen LogP contribution in [-0.4, -0.2) is 36.7 Å². The number of rotatable bonds is 5. The Labute approximate surface area is 104 Å². The molecule has 2 heterocycles. The summed E-state index contributed by atoms with van der Waals surface area (Å²) in [5.74, 6) is 0. The van der Waals surface area contributed by atoms with Crippen LogP contribution in [0, 0.1) is 5.41 Å². The lowest BCUT2D eigenvalue weighted by molar-refractivity contribution is -0.113. The molecule has 17 heavy (non-hydrogen) atoms. The van der Waals surface area contributed by atoms with Crippen molar-refractivity contribution >= 4 is 0 Å². The summed E-state index contributed by atoms with van der Waals surface area (Å²) in [5.41, 5.74) is 2.79. The highest BCUT2D eigenvalue weighted by molar-refractivity contribution is 5.13. The first-order valence-electron chi connectivity index (χ1n) is 6.31. The van der Waals surface area contributed by atoms with Crippen LogP contribution in [0.3, 0.4) is 0 Å². The molecule has 1 saturated heterocycles. The van der Waals surface area contributed by atoms with Gasteiger partial charge in [-0.3, -0.25) is 9.88 Å². The molecule has 0 aromatic carbocycles. The quantitative estimate of drug-likeness (QED) is 0.780. The molecule has 0 atom stereocenters. The summed E-state index contributed by atoms with van der Waals surface area (Å²) in [6.45, 7) is 8.20. The molecule has 3 heteroatoms. The molecule has 0 spiro atoms. The molecule has 0 aliphatic carbocycles. The van der Waals surface area contributed by atoms with Crippen molar-refractivity contribution in [1.29, 1.82) is 0 Å². The second kappa shape index (κ2) is 5.15. The monoisotopic (exact) mass is 234 g/mol. The summed E-state index contributed by atoms with van der Waals surface area (Å²) in [5, 5.41) is 0. The molecule has 3 nitrogen and oxygen atoms in total. The molecule has 0 radical (unpaired) electrons. The number of nitrogens with zero attached hydrogens (tertiary/aromatic N) is 2. The molecule has 0 saturated carbocycles. The first-order chi connectivity index (χ1) is 8.11. The number of pyridine rings is 1. The number of aryl methyl sites for hydroxylation is 1. The van der Waals surface area contributed by atoms with Crippen LogP contribution >= 0.6 is 0 Å². The Morgan fingerprint density at radius 1 is 1.41 bits per heavy atom. The fraction of sp³-hybridized carbons (Fsp3) is 0.643. The van der Waals surface area contributed by atoms with Gasteiger partial charge in [0.2, 0.25) is 0 Å². The van der Waals surface area contributed by atoms with Crippen LogP contribution in [0.5, 0.6) is 0 Å². The van der Waals surface area contributed by atoms with Crippen molar-refractivity contribution < 1.29 is 4.74 Å². The van der Waals surface area contributed by atoms with E-state index in [4.69, 9.17) is 4.74 Å². The molecule has 94 valence electrons. The Balaban J connectivity index is 1.86. The summed E-state index contributed by atoms with van der Waals surface area (Å²) in [6.07, 6.45) is 3.04. The van der Waals surface area contributed by atoms with Gasteiger partial charge >= 0.3 is 0 Å². The van der Waals surface area contributed by atoms with E-state index >= 15 is 0 Å². The number of hydrogen-bond acceptors (Lipinski definition) is 3. The number of ether oxygens (including phenoxy) is 1. The van der Waals surface area contributed by atoms with Gasteiger partial charge in [-0.2, -0.15) is 0 Å². The van der Waals surface area contributed by atoms with Crippen LogP contribution in [0.15, 0.2) is 18.3 Å². The highest BCUT2D eigenvalue weighted by Gasteiger charge is 2.34. The van der Waals surface area contributed by atoms with E-state index in [0.29, 0.717) is 5.41 Å². The van der Waals surface area contributed by atoms with Crippen molar-refractivity contribution in [3.63, 3.8) is 0 Å². The fourth-order valence-electron chi connectivity index (χ4n) is 2.28. The van der Waals surface area contributed by atoms with Gasteiger partial charge in [0.15, 0.2) is 0 Å². The maximum Gasteiger partial charge on any atom is 0.0554 e. The van der Waals surface area contributed by atoms with Crippen LogP contribution in [-0.2, 0) is 17.7 Å². The zero-order valence-corrected chi connectivity index (χ0v) is 11.1. The lowest BCUT2D eigenvalue weighted by Gasteiger charge is -2.40. The van der Waals surface area contributed by atoms with Gasteiger partial charge in [-0.25, -0.2) is 0 Å². The first-order valence-corrected chi connectivity index (χ1v) is 6.31. The summed E-state index contributed by atoms with van der Waals surface area (Å²) >= 11 is 0. The lowest BCUT2D eigenvalue weighted by Crippen LogP contribution is -2.47. The smallest absolute Gasteiger partial charge is 0.0554 e. The van der Waals surface area contributed by atoms with Gasteiger partial charge in [-0.15, -0.1) is 0 Å². The molecule has 1 aromatic heterocycles. The van der Waals surface area contributed by atoms with E-state index < -0.39 is 0 Å². The molecule has 1 aliphatic rings. The van der Waals surface area contributed by atoms with E-state index in [-0.39, 0.29) is 0 Å². The van der Waals surface area contributed by atoms with E-state index in [1.165, 1.54) is 5.56 Å². The maximum absolute atomic E-state index is 5.28. The fourth-order valence-corrected chi connectivity index (χ4v) is 2.28. The van der Waals surface area contributed by atoms with Gasteiger partial charge in [0.25, 0.3) is 0 Å². The Hall–Kier alpha value is -0.930. The van der Waals surface area contributed by atoms with Gasteiger partial charge < -0.3 is 4.74 Å². The van der Waals surface area contributed by atoms with Gasteiger partial charge in [-0.05, 0) is 25.1 Å². The van der Waals surface area contributed by atoms with E-state index in [0.717, 1.165) is 38.4 Å². The molecule has 1 aromatic rings. The summed E-state index contributed by atoms with van der Waals surface area (Å²) in [4.78, 5) is 6.82. The number of aromatic nitrogens is 1. The maximum atomic E-state index is 5.28. The van der Waals surface area contributed by atoms with Gasteiger partial charge in [0.1, 0.15) is 0 Å². The van der Waals surface area contributed by atoms with Crippen LogP contribution in [0.1, 0.15) is 25.1 Å². The first kappa shape index (κ1) is 12.5. The van der Waals surface area contributed by atoms with E-state index in [1.807, 2.05) is 6.20 Å². The Kier molecular flexibility index (Phi) is 3.79. The van der Waals surface area contributed by atoms with Crippen molar-refractivity contribution in [1.82, 2.24) is 9.88 Å². The topological polar surface area (TPSA) is 25.4 Å². The van der Waals surface area contributed by atoms with Crippen LogP contribution in [0.25, 0.3) is 0 Å². The minimum Gasteiger partial charge on any atom is -0.380 e. The third-order valence-electron chi connectivity index (χ3n) is 3.28. The van der Waals surface area contributed by atoms with Crippen molar-refractivity contribution in [2.75, 3.05) is 26.8 Å². The van der Waals surface area contributed by atoms with Gasteiger partial charge in [0, 0.05) is 24.7 Å².